The van der Waals surface area contributed by atoms with Crippen LogP contribution in [0.4, 0.5) is 5.69 Å². The fourth-order valence-corrected chi connectivity index (χ4v) is 3.58. The van der Waals surface area contributed by atoms with E-state index in [1.807, 2.05) is 36.4 Å². The van der Waals surface area contributed by atoms with Crippen molar-refractivity contribution in [1.29, 1.82) is 0 Å². The number of nitrogen functional groups attached to an aromatic ring is 1. The van der Waals surface area contributed by atoms with Gasteiger partial charge in [-0.25, -0.2) is 9.97 Å². The van der Waals surface area contributed by atoms with Gasteiger partial charge in [-0.15, -0.1) is 0 Å². The van der Waals surface area contributed by atoms with E-state index >= 15 is 0 Å². The van der Waals surface area contributed by atoms with Gasteiger partial charge in [0.1, 0.15) is 11.0 Å². The molecule has 0 aliphatic rings. The quantitative estimate of drug-likeness (QED) is 0.409. The third kappa shape index (κ3) is 2.87. The fraction of sp³-hybridized carbons (Fsp3) is 0. The number of hydrogen-bond acceptors (Lipinski definition) is 7. The maximum atomic E-state index is 5.88. The summed E-state index contributed by atoms with van der Waals surface area (Å²) >= 11 is 0. The van der Waals surface area contributed by atoms with Crippen molar-refractivity contribution < 1.29 is 0 Å². The summed E-state index contributed by atoms with van der Waals surface area (Å²) in [5.41, 5.74) is 13.4. The Morgan fingerprint density at radius 1 is 0.806 bits per heavy atom. The van der Waals surface area contributed by atoms with Gasteiger partial charge in [-0.2, -0.15) is 5.10 Å². The van der Waals surface area contributed by atoms with Gasteiger partial charge in [-0.05, 0) is 30.3 Å². The highest BCUT2D eigenvalue weighted by atomic mass is 15.2. The van der Waals surface area contributed by atoms with E-state index in [0.29, 0.717) is 22.7 Å². The highest BCUT2D eigenvalue weighted by molar-refractivity contribution is 5.95. The first-order chi connectivity index (χ1) is 15.3. The smallest absolute Gasteiger partial charge is 0.161 e. The van der Waals surface area contributed by atoms with Crippen LogP contribution in [0.2, 0.25) is 0 Å². The van der Waals surface area contributed by atoms with Crippen LogP contribution < -0.4 is 5.73 Å². The number of pyridine rings is 4. The zero-order valence-electron chi connectivity index (χ0n) is 16.1. The zero-order chi connectivity index (χ0) is 20.8. The molecule has 0 spiro atoms. The number of fused-ring (bicyclic) bond motifs is 2. The number of H-pyrrole nitrogens is 2. The molecule has 9 nitrogen and oxygen atoms in total. The van der Waals surface area contributed by atoms with Crippen molar-refractivity contribution in [2.75, 3.05) is 5.73 Å². The van der Waals surface area contributed by atoms with Crippen molar-refractivity contribution in [3.8, 4) is 34.0 Å². The number of aromatic nitrogens is 8. The molecule has 0 radical (unpaired) electrons. The van der Waals surface area contributed by atoms with Crippen LogP contribution >= 0.6 is 0 Å². The van der Waals surface area contributed by atoms with Gasteiger partial charge in [0.2, 0.25) is 0 Å². The predicted octanol–water partition coefficient (Wildman–Crippen LogP) is 3.60. The maximum Gasteiger partial charge on any atom is 0.161 e. The van der Waals surface area contributed by atoms with Crippen LogP contribution in [-0.4, -0.2) is 40.1 Å². The molecule has 0 aromatic carbocycles. The summed E-state index contributed by atoms with van der Waals surface area (Å²) in [7, 11) is 0. The van der Waals surface area contributed by atoms with Crippen LogP contribution in [0, 0.1) is 0 Å². The Labute approximate surface area is 175 Å². The predicted molar refractivity (Wildman–Crippen MR) is 118 cm³/mol. The van der Waals surface area contributed by atoms with Gasteiger partial charge in [0.05, 0.1) is 34.3 Å². The molecular weight excluding hydrogens is 390 g/mol. The number of rotatable bonds is 3. The number of nitrogens with zero attached hydrogens (tertiary/aromatic N) is 6. The summed E-state index contributed by atoms with van der Waals surface area (Å²) in [5.74, 6) is 0.599. The van der Waals surface area contributed by atoms with Crippen molar-refractivity contribution in [3.63, 3.8) is 0 Å². The number of anilines is 1. The Morgan fingerprint density at radius 2 is 1.74 bits per heavy atom. The molecule has 0 fully saturated rings. The Hall–Kier alpha value is -4.66. The summed E-state index contributed by atoms with van der Waals surface area (Å²) in [6.45, 7) is 0. The second kappa shape index (κ2) is 6.70. The Bertz CT molecular complexity index is 1550. The van der Waals surface area contributed by atoms with E-state index < -0.39 is 0 Å². The molecule has 0 unspecified atom stereocenters. The Kier molecular flexibility index (Phi) is 3.72. The Balaban J connectivity index is 1.51. The summed E-state index contributed by atoms with van der Waals surface area (Å²) in [6, 6.07) is 11.4. The lowest BCUT2D eigenvalue weighted by atomic mass is 10.1. The van der Waals surface area contributed by atoms with Crippen LogP contribution in [0.25, 0.3) is 56.1 Å². The topological polar surface area (TPSA) is 135 Å². The molecular formula is C22H15N9. The zero-order valence-corrected chi connectivity index (χ0v) is 16.1. The molecule has 31 heavy (non-hydrogen) atoms. The normalized spacial score (nSPS) is 11.4. The average Bonchev–Trinajstić information content (AvgIpc) is 3.43. The SMILES string of the molecule is Nc1cncc(-c2ccc3[nH]nc(-c4nc5c(-c6ccccn6)cncc5[nH]4)c3n2)c1. The number of hydrogen-bond donors (Lipinski definition) is 3. The average molecular weight is 405 g/mol. The lowest BCUT2D eigenvalue weighted by Gasteiger charge is -2.02. The molecule has 0 atom stereocenters. The molecule has 6 rings (SSSR count). The minimum Gasteiger partial charge on any atom is -0.397 e. The van der Waals surface area contributed by atoms with Crippen molar-refractivity contribution in [2.45, 2.75) is 0 Å². The van der Waals surface area contributed by atoms with Crippen molar-refractivity contribution in [3.05, 3.63) is 67.4 Å². The lowest BCUT2D eigenvalue weighted by molar-refractivity contribution is 1.10. The molecule has 6 aromatic heterocycles. The number of aromatic amines is 2. The van der Waals surface area contributed by atoms with E-state index in [9.17, 15) is 0 Å². The molecule has 6 heterocycles. The summed E-state index contributed by atoms with van der Waals surface area (Å²) < 4.78 is 0. The number of nitrogens with two attached hydrogens (primary N) is 1. The van der Waals surface area contributed by atoms with Crippen LogP contribution in [-0.2, 0) is 0 Å². The first-order valence-electron chi connectivity index (χ1n) is 9.58. The molecule has 9 heteroatoms. The highest BCUT2D eigenvalue weighted by Crippen LogP contribution is 2.30. The maximum absolute atomic E-state index is 5.88. The molecule has 0 amide bonds. The largest absolute Gasteiger partial charge is 0.397 e. The standard InChI is InChI=1S/C22H15N9/c23-13-7-12(8-24-9-13)15-4-5-17-20(27-15)21(31-30-17)22-28-18-11-25-10-14(19(18)29-22)16-3-1-2-6-26-16/h1-11H,23H2,(H,28,29)(H,30,31). The van der Waals surface area contributed by atoms with E-state index in [-0.39, 0.29) is 0 Å². The lowest BCUT2D eigenvalue weighted by Crippen LogP contribution is -1.90. The molecule has 0 aliphatic carbocycles. The van der Waals surface area contributed by atoms with Crippen LogP contribution in [0.3, 0.4) is 0 Å². The van der Waals surface area contributed by atoms with E-state index in [1.54, 1.807) is 31.0 Å². The van der Waals surface area contributed by atoms with Gasteiger partial charge in [0, 0.05) is 35.9 Å². The minimum atomic E-state index is 0.582. The van der Waals surface area contributed by atoms with Crippen LogP contribution in [0.1, 0.15) is 0 Å². The first kappa shape index (κ1) is 17.2. The number of nitrogens with one attached hydrogen (secondary N) is 2. The second-order valence-corrected chi connectivity index (χ2v) is 7.06. The molecule has 0 saturated heterocycles. The molecule has 4 N–H and O–H groups in total. The van der Waals surface area contributed by atoms with E-state index in [0.717, 1.165) is 39.1 Å². The Morgan fingerprint density at radius 3 is 2.61 bits per heavy atom. The van der Waals surface area contributed by atoms with Crippen molar-refractivity contribution in [2.24, 2.45) is 0 Å². The van der Waals surface area contributed by atoms with Gasteiger partial charge < -0.3 is 10.7 Å². The van der Waals surface area contributed by atoms with Gasteiger partial charge in [-0.1, -0.05) is 6.07 Å². The first-order valence-corrected chi connectivity index (χ1v) is 9.58. The highest BCUT2D eigenvalue weighted by Gasteiger charge is 2.17. The summed E-state index contributed by atoms with van der Waals surface area (Å²) in [5, 5.41) is 7.48. The summed E-state index contributed by atoms with van der Waals surface area (Å²) in [4.78, 5) is 25.8. The summed E-state index contributed by atoms with van der Waals surface area (Å²) in [6.07, 6.45) is 8.59. The third-order valence-corrected chi connectivity index (χ3v) is 5.02. The molecule has 0 saturated carbocycles. The molecule has 0 bridgehead atoms. The molecule has 148 valence electrons. The number of imidazole rings is 1. The van der Waals surface area contributed by atoms with Gasteiger partial charge in [0.15, 0.2) is 11.5 Å². The van der Waals surface area contributed by atoms with Crippen molar-refractivity contribution in [1.82, 2.24) is 40.1 Å². The van der Waals surface area contributed by atoms with Crippen LogP contribution in [0.5, 0.6) is 0 Å². The van der Waals surface area contributed by atoms with E-state index in [1.165, 1.54) is 0 Å². The van der Waals surface area contributed by atoms with Crippen molar-refractivity contribution >= 4 is 27.8 Å². The minimum absolute atomic E-state index is 0.582. The molecule has 6 aromatic rings. The molecule has 0 aliphatic heterocycles. The van der Waals surface area contributed by atoms with E-state index in [4.69, 9.17) is 15.7 Å². The van der Waals surface area contributed by atoms with E-state index in [2.05, 4.69) is 30.1 Å². The van der Waals surface area contributed by atoms with Crippen LogP contribution in [0.15, 0.2) is 67.4 Å². The van der Waals surface area contributed by atoms with Gasteiger partial charge in [0.25, 0.3) is 0 Å². The van der Waals surface area contributed by atoms with Gasteiger partial charge >= 0.3 is 0 Å². The third-order valence-electron chi connectivity index (χ3n) is 5.02. The van der Waals surface area contributed by atoms with Gasteiger partial charge in [-0.3, -0.25) is 20.1 Å². The monoisotopic (exact) mass is 405 g/mol. The fourth-order valence-electron chi connectivity index (χ4n) is 3.58. The second-order valence-electron chi connectivity index (χ2n) is 7.06.